The van der Waals surface area contributed by atoms with Crippen LogP contribution in [0.25, 0.3) is 0 Å². The maximum atomic E-state index is 12.9. The topological polar surface area (TPSA) is 47.8 Å². The number of ketones is 1. The molecule has 0 bridgehead atoms. The summed E-state index contributed by atoms with van der Waals surface area (Å²) in [5.41, 5.74) is -0.597. The van der Waals surface area contributed by atoms with Crippen LogP contribution in [0.1, 0.15) is 16.1 Å². The number of carbonyl (C=O) groups excluding carboxylic acids is 1. The summed E-state index contributed by atoms with van der Waals surface area (Å²) in [6.45, 7) is -0.144. The van der Waals surface area contributed by atoms with E-state index in [1.165, 1.54) is 6.07 Å². The molecule has 0 spiro atoms. The lowest BCUT2D eigenvalue weighted by Gasteiger charge is -2.02. The molecular weight excluding hydrogens is 285 g/mol. The Hall–Kier alpha value is -2.32. The van der Waals surface area contributed by atoms with Crippen molar-refractivity contribution < 1.29 is 26.7 Å². The summed E-state index contributed by atoms with van der Waals surface area (Å²) in [4.78, 5) is 10.9. The minimum atomic E-state index is -5.04. The zero-order chi connectivity index (χ0) is 14.9. The summed E-state index contributed by atoms with van der Waals surface area (Å²) in [5, 5.41) is 6.42. The monoisotopic (exact) mass is 291 g/mol. The fourth-order valence-corrected chi connectivity index (χ4v) is 1.45. The number of carbonyl (C=O) groups is 1. The van der Waals surface area contributed by atoms with Crippen LogP contribution in [0.2, 0.25) is 0 Å². The molecule has 0 saturated heterocycles. The maximum Gasteiger partial charge on any atom is 0.456 e. The molecule has 2 rings (SSSR count). The third-order valence-electron chi connectivity index (χ3n) is 2.36. The Kier molecular flexibility index (Phi) is 3.51. The van der Waals surface area contributed by atoms with Gasteiger partial charge in [0.15, 0.2) is 17.3 Å². The van der Waals surface area contributed by atoms with Crippen LogP contribution in [0.15, 0.2) is 24.4 Å². The molecular formula is C11H6F5N3O. The van der Waals surface area contributed by atoms with Gasteiger partial charge >= 0.3 is 6.18 Å². The summed E-state index contributed by atoms with van der Waals surface area (Å²) in [6, 6.07) is 3.00. The Bertz CT molecular complexity index is 650. The van der Waals surface area contributed by atoms with E-state index in [4.69, 9.17) is 0 Å². The van der Waals surface area contributed by atoms with Gasteiger partial charge in [0.25, 0.3) is 5.78 Å². The number of Topliss-reactive ketones (excluding diaryl/α,β-unsaturated/α-hetero) is 1. The second kappa shape index (κ2) is 4.99. The second-order valence-electron chi connectivity index (χ2n) is 3.88. The van der Waals surface area contributed by atoms with Crippen LogP contribution in [0.4, 0.5) is 22.0 Å². The van der Waals surface area contributed by atoms with Crippen LogP contribution in [-0.2, 0) is 6.54 Å². The summed E-state index contributed by atoms with van der Waals surface area (Å²) in [5.74, 6) is -4.25. The molecule has 1 heterocycles. The van der Waals surface area contributed by atoms with E-state index in [1.807, 2.05) is 0 Å². The minimum absolute atomic E-state index is 0.144. The lowest BCUT2D eigenvalue weighted by molar-refractivity contribution is -0.0888. The molecule has 0 radical (unpaired) electrons. The van der Waals surface area contributed by atoms with Crippen LogP contribution >= 0.6 is 0 Å². The number of nitrogens with zero attached hydrogens (tertiary/aromatic N) is 3. The lowest BCUT2D eigenvalue weighted by Crippen LogP contribution is -2.23. The van der Waals surface area contributed by atoms with Gasteiger partial charge in [-0.15, -0.1) is 5.10 Å². The first kappa shape index (κ1) is 14.1. The molecule has 0 aliphatic carbocycles. The van der Waals surface area contributed by atoms with Gasteiger partial charge in [0.1, 0.15) is 0 Å². The highest BCUT2D eigenvalue weighted by Gasteiger charge is 2.41. The smallest absolute Gasteiger partial charge is 0.282 e. The Morgan fingerprint density at radius 1 is 1.20 bits per heavy atom. The number of aromatic nitrogens is 3. The molecule has 20 heavy (non-hydrogen) atoms. The van der Waals surface area contributed by atoms with Gasteiger partial charge in [-0.05, 0) is 17.7 Å². The van der Waals surface area contributed by atoms with E-state index in [9.17, 15) is 26.7 Å². The molecule has 4 nitrogen and oxygen atoms in total. The number of benzene rings is 1. The van der Waals surface area contributed by atoms with E-state index in [0.29, 0.717) is 0 Å². The predicted octanol–water partition coefficient (Wildman–Crippen LogP) is 2.35. The number of halogens is 5. The van der Waals surface area contributed by atoms with E-state index in [-0.39, 0.29) is 12.1 Å². The fourth-order valence-electron chi connectivity index (χ4n) is 1.45. The highest BCUT2D eigenvalue weighted by atomic mass is 19.4. The van der Waals surface area contributed by atoms with Crippen molar-refractivity contribution >= 4 is 5.78 Å². The molecule has 0 unspecified atom stereocenters. The largest absolute Gasteiger partial charge is 0.456 e. The molecule has 1 aromatic carbocycles. The van der Waals surface area contributed by atoms with Gasteiger partial charge in [-0.3, -0.25) is 4.79 Å². The van der Waals surface area contributed by atoms with Crippen molar-refractivity contribution in [2.45, 2.75) is 12.7 Å². The predicted molar refractivity (Wildman–Crippen MR) is 55.9 cm³/mol. The molecule has 2 aromatic rings. The van der Waals surface area contributed by atoms with E-state index in [1.54, 1.807) is 0 Å². The third kappa shape index (κ3) is 2.98. The average Bonchev–Trinajstić information content (AvgIpc) is 2.80. The van der Waals surface area contributed by atoms with Crippen LogP contribution in [0.3, 0.4) is 0 Å². The molecule has 0 aliphatic heterocycles. The van der Waals surface area contributed by atoms with Crippen LogP contribution in [0.5, 0.6) is 0 Å². The minimum Gasteiger partial charge on any atom is -0.282 e. The van der Waals surface area contributed by atoms with E-state index in [0.717, 1.165) is 23.0 Å². The maximum absolute atomic E-state index is 12.9. The van der Waals surface area contributed by atoms with Gasteiger partial charge in [-0.1, -0.05) is 11.3 Å². The fraction of sp³-hybridized carbons (Fsp3) is 0.182. The Morgan fingerprint density at radius 3 is 2.50 bits per heavy atom. The Labute approximate surface area is 108 Å². The number of hydrogen-bond donors (Lipinski definition) is 0. The first-order valence-corrected chi connectivity index (χ1v) is 5.23. The van der Waals surface area contributed by atoms with Crippen molar-refractivity contribution in [3.8, 4) is 0 Å². The standard InChI is InChI=1S/C11H6F5N3O/c12-7-2-1-6(3-8(7)13)4-19-5-9(17-18-19)10(20)11(14,15)16/h1-3,5H,4H2. The van der Waals surface area contributed by atoms with Gasteiger partial charge in [-0.2, -0.15) is 13.2 Å². The highest BCUT2D eigenvalue weighted by Crippen LogP contribution is 2.20. The summed E-state index contributed by atoms with van der Waals surface area (Å²) in [6.07, 6.45) is -4.25. The lowest BCUT2D eigenvalue weighted by atomic mass is 10.2. The molecule has 0 N–H and O–H groups in total. The van der Waals surface area contributed by atoms with Gasteiger partial charge in [0.05, 0.1) is 12.7 Å². The summed E-state index contributed by atoms with van der Waals surface area (Å²) >= 11 is 0. The second-order valence-corrected chi connectivity index (χ2v) is 3.88. The van der Waals surface area contributed by atoms with Crippen molar-refractivity contribution in [3.63, 3.8) is 0 Å². The van der Waals surface area contributed by atoms with Gasteiger partial charge < -0.3 is 0 Å². The SMILES string of the molecule is O=C(c1cn(Cc2ccc(F)c(F)c2)nn1)C(F)(F)F. The number of rotatable bonds is 3. The molecule has 0 saturated carbocycles. The van der Waals surface area contributed by atoms with Crippen molar-refractivity contribution in [1.29, 1.82) is 0 Å². The highest BCUT2D eigenvalue weighted by molar-refractivity contribution is 5.98. The van der Waals surface area contributed by atoms with Crippen molar-refractivity contribution in [2.24, 2.45) is 0 Å². The Balaban J connectivity index is 2.17. The van der Waals surface area contributed by atoms with Crippen molar-refractivity contribution in [1.82, 2.24) is 15.0 Å². The Morgan fingerprint density at radius 2 is 1.90 bits per heavy atom. The zero-order valence-electron chi connectivity index (χ0n) is 9.66. The third-order valence-corrected chi connectivity index (χ3v) is 2.36. The first-order chi connectivity index (χ1) is 9.27. The zero-order valence-corrected chi connectivity index (χ0v) is 9.66. The van der Waals surface area contributed by atoms with Crippen LogP contribution in [-0.4, -0.2) is 27.0 Å². The molecule has 0 atom stereocenters. The molecule has 0 aliphatic rings. The van der Waals surface area contributed by atoms with Gasteiger partial charge in [0.2, 0.25) is 0 Å². The quantitative estimate of drug-likeness (QED) is 0.644. The number of hydrogen-bond acceptors (Lipinski definition) is 3. The van der Waals surface area contributed by atoms with Crippen molar-refractivity contribution in [3.05, 3.63) is 47.3 Å². The summed E-state index contributed by atoms with van der Waals surface area (Å²) in [7, 11) is 0. The first-order valence-electron chi connectivity index (χ1n) is 5.23. The van der Waals surface area contributed by atoms with E-state index < -0.39 is 29.3 Å². The van der Waals surface area contributed by atoms with Gasteiger partial charge in [-0.25, -0.2) is 13.5 Å². The van der Waals surface area contributed by atoms with Crippen LogP contribution in [0, 0.1) is 11.6 Å². The van der Waals surface area contributed by atoms with Crippen LogP contribution < -0.4 is 0 Å². The molecule has 0 amide bonds. The molecule has 106 valence electrons. The van der Waals surface area contributed by atoms with Crippen molar-refractivity contribution in [2.75, 3.05) is 0 Å². The molecule has 9 heteroatoms. The number of alkyl halides is 3. The van der Waals surface area contributed by atoms with E-state index >= 15 is 0 Å². The average molecular weight is 291 g/mol. The van der Waals surface area contributed by atoms with Gasteiger partial charge in [0, 0.05) is 0 Å². The molecule has 1 aromatic heterocycles. The normalized spacial score (nSPS) is 11.7. The summed E-state index contributed by atoms with van der Waals surface area (Å²) < 4.78 is 63.0. The van der Waals surface area contributed by atoms with E-state index in [2.05, 4.69) is 10.3 Å². The molecule has 0 fully saturated rings.